The highest BCUT2D eigenvalue weighted by atomic mass is 31.2. The van der Waals surface area contributed by atoms with Crippen LogP contribution in [0.25, 0.3) is 0 Å². The van der Waals surface area contributed by atoms with Crippen LogP contribution in [0, 0.1) is 0 Å². The summed E-state index contributed by atoms with van der Waals surface area (Å²) >= 11 is 0. The van der Waals surface area contributed by atoms with Gasteiger partial charge in [0.1, 0.15) is 6.61 Å². The molecule has 0 spiro atoms. The lowest BCUT2D eigenvalue weighted by atomic mass is 10.0. The van der Waals surface area contributed by atoms with Crippen LogP contribution in [-0.2, 0) is 37.4 Å². The zero-order valence-corrected chi connectivity index (χ0v) is 38.1. The molecule has 0 saturated heterocycles. The number of phosphoric acid groups is 1. The number of hydrogen-bond acceptors (Lipinski definition) is 9. The van der Waals surface area contributed by atoms with Gasteiger partial charge in [-0.15, -0.1) is 0 Å². The minimum absolute atomic E-state index is 0.0753. The van der Waals surface area contributed by atoms with Crippen molar-refractivity contribution in [2.45, 2.75) is 245 Å². The Hall–Kier alpha value is -1.68. The van der Waals surface area contributed by atoms with Crippen LogP contribution in [0.15, 0.2) is 0 Å². The van der Waals surface area contributed by atoms with Crippen molar-refractivity contribution in [3.8, 4) is 0 Å². The number of carbonyl (C=O) groups is 3. The van der Waals surface area contributed by atoms with Crippen molar-refractivity contribution >= 4 is 25.9 Å². The lowest BCUT2D eigenvalue weighted by Crippen LogP contribution is -2.30. The van der Waals surface area contributed by atoms with E-state index in [1.54, 1.807) is 13.8 Å². The summed E-state index contributed by atoms with van der Waals surface area (Å²) in [7, 11) is -4.55. The molecule has 0 bridgehead atoms. The van der Waals surface area contributed by atoms with Gasteiger partial charge in [-0.05, 0) is 26.7 Å². The van der Waals surface area contributed by atoms with Crippen LogP contribution in [0.3, 0.4) is 0 Å². The Bertz CT molecular complexity index is 982. The van der Waals surface area contributed by atoms with Gasteiger partial charge in [0.15, 0.2) is 6.10 Å². The second-order valence-corrected chi connectivity index (χ2v) is 17.6. The van der Waals surface area contributed by atoms with Gasteiger partial charge in [0.25, 0.3) is 0 Å². The standard InChI is InChI=1S/C45H88NO10P/c1-5-7-9-11-13-15-17-19-21-23-25-27-29-31-33-35-43(47)52-39-42(40-54-57(50,51)53-38-37-46-45(49)55-41(3)4)56-44(48)36-34-32-30-28-26-24-22-20-18-16-14-12-10-8-6-2/h41-42H,5-40H2,1-4H3,(H,46,49)(H,50,51)/t42-/m1/s1. The monoisotopic (exact) mass is 834 g/mol. The number of phosphoric ester groups is 1. The Balaban J connectivity index is 4.41. The lowest BCUT2D eigenvalue weighted by Gasteiger charge is -2.20. The van der Waals surface area contributed by atoms with E-state index in [-0.39, 0.29) is 38.7 Å². The Morgan fingerprint density at radius 3 is 1.26 bits per heavy atom. The fourth-order valence-corrected chi connectivity index (χ4v) is 7.44. The SMILES string of the molecule is CCCCCCCCCCCCCCCCCC(=O)OC[C@H](COP(=O)(O)OCCNC(=O)OC(C)C)OC(=O)CCCCCCCCCCCCCCCCC. The Morgan fingerprint density at radius 2 is 0.877 bits per heavy atom. The number of alkyl carbamates (subject to hydrolysis) is 1. The van der Waals surface area contributed by atoms with Crippen molar-refractivity contribution in [1.82, 2.24) is 5.32 Å². The van der Waals surface area contributed by atoms with Crippen molar-refractivity contribution in [3.05, 3.63) is 0 Å². The van der Waals surface area contributed by atoms with Gasteiger partial charge in [0, 0.05) is 19.4 Å². The average molecular weight is 834 g/mol. The molecule has 0 heterocycles. The molecule has 0 aliphatic carbocycles. The van der Waals surface area contributed by atoms with Gasteiger partial charge >= 0.3 is 25.9 Å². The predicted octanol–water partition coefficient (Wildman–Crippen LogP) is 13.2. The summed E-state index contributed by atoms with van der Waals surface area (Å²) in [5.41, 5.74) is 0. The summed E-state index contributed by atoms with van der Waals surface area (Å²) < 4.78 is 38.4. The first-order chi connectivity index (χ1) is 27.6. The maximum absolute atomic E-state index is 12.7. The van der Waals surface area contributed by atoms with Crippen molar-refractivity contribution in [2.24, 2.45) is 0 Å². The number of nitrogens with one attached hydrogen (secondary N) is 1. The molecule has 2 N–H and O–H groups in total. The molecule has 57 heavy (non-hydrogen) atoms. The van der Waals surface area contributed by atoms with E-state index in [1.807, 2.05) is 0 Å². The molecule has 338 valence electrons. The van der Waals surface area contributed by atoms with E-state index in [4.69, 9.17) is 23.3 Å². The fourth-order valence-electron chi connectivity index (χ4n) is 6.68. The van der Waals surface area contributed by atoms with Crippen molar-refractivity contribution < 1.29 is 47.1 Å². The van der Waals surface area contributed by atoms with E-state index >= 15 is 0 Å². The first-order valence-corrected chi connectivity index (χ1v) is 25.0. The molecule has 11 nitrogen and oxygen atoms in total. The van der Waals surface area contributed by atoms with Crippen LogP contribution in [-0.4, -0.2) is 61.5 Å². The molecule has 0 aliphatic heterocycles. The van der Waals surface area contributed by atoms with Gasteiger partial charge in [-0.3, -0.25) is 18.6 Å². The van der Waals surface area contributed by atoms with Gasteiger partial charge in [-0.1, -0.05) is 194 Å². The zero-order chi connectivity index (χ0) is 42.1. The molecule has 0 aromatic heterocycles. The number of ether oxygens (including phenoxy) is 3. The van der Waals surface area contributed by atoms with E-state index in [9.17, 15) is 23.8 Å². The normalized spacial score (nSPS) is 13.0. The molecule has 0 aromatic carbocycles. The van der Waals surface area contributed by atoms with Crippen molar-refractivity contribution in [2.75, 3.05) is 26.4 Å². The molecule has 1 unspecified atom stereocenters. The third-order valence-electron chi connectivity index (χ3n) is 10.1. The first-order valence-electron chi connectivity index (χ1n) is 23.5. The number of esters is 2. The summed E-state index contributed by atoms with van der Waals surface area (Å²) in [4.78, 5) is 47.0. The third-order valence-corrected chi connectivity index (χ3v) is 11.1. The minimum atomic E-state index is -4.55. The highest BCUT2D eigenvalue weighted by molar-refractivity contribution is 7.47. The molecule has 0 aliphatic rings. The second kappa shape index (κ2) is 41.1. The molecule has 0 saturated carbocycles. The number of carbonyl (C=O) groups excluding carboxylic acids is 3. The molecular formula is C45H88NO10P. The summed E-state index contributed by atoms with van der Waals surface area (Å²) in [6, 6.07) is 0. The zero-order valence-electron chi connectivity index (χ0n) is 37.2. The number of amides is 1. The van der Waals surface area contributed by atoms with E-state index in [0.29, 0.717) is 6.42 Å². The molecule has 0 aromatic rings. The summed E-state index contributed by atoms with van der Waals surface area (Å²) in [5, 5.41) is 2.41. The van der Waals surface area contributed by atoms with Crippen LogP contribution in [0.2, 0.25) is 0 Å². The average Bonchev–Trinajstić information content (AvgIpc) is 3.17. The molecular weight excluding hydrogens is 745 g/mol. The molecule has 0 fully saturated rings. The molecule has 1 amide bonds. The van der Waals surface area contributed by atoms with Gasteiger partial charge < -0.3 is 24.4 Å². The third kappa shape index (κ3) is 42.3. The lowest BCUT2D eigenvalue weighted by molar-refractivity contribution is -0.161. The topological polar surface area (TPSA) is 147 Å². The van der Waals surface area contributed by atoms with E-state index < -0.39 is 38.6 Å². The van der Waals surface area contributed by atoms with Gasteiger partial charge in [-0.2, -0.15) is 0 Å². The van der Waals surface area contributed by atoms with Crippen LogP contribution in [0.1, 0.15) is 233 Å². The van der Waals surface area contributed by atoms with Gasteiger partial charge in [-0.25, -0.2) is 9.36 Å². The van der Waals surface area contributed by atoms with Gasteiger partial charge in [0.2, 0.25) is 0 Å². The van der Waals surface area contributed by atoms with Crippen LogP contribution < -0.4 is 5.32 Å². The smallest absolute Gasteiger partial charge is 0.462 e. The molecule has 0 rings (SSSR count). The quantitative estimate of drug-likeness (QED) is 0.0263. The Labute approximate surface area is 349 Å². The van der Waals surface area contributed by atoms with Crippen LogP contribution in [0.4, 0.5) is 4.79 Å². The van der Waals surface area contributed by atoms with Gasteiger partial charge in [0.05, 0.1) is 19.3 Å². The predicted molar refractivity (Wildman–Crippen MR) is 231 cm³/mol. The Kier molecular flexibility index (Phi) is 39.9. The van der Waals surface area contributed by atoms with E-state index in [1.165, 1.54) is 148 Å². The highest BCUT2D eigenvalue weighted by Gasteiger charge is 2.26. The summed E-state index contributed by atoms with van der Waals surface area (Å²) in [6.07, 6.45) is 35.4. The highest BCUT2D eigenvalue weighted by Crippen LogP contribution is 2.43. The second-order valence-electron chi connectivity index (χ2n) is 16.2. The van der Waals surface area contributed by atoms with Crippen LogP contribution in [0.5, 0.6) is 0 Å². The summed E-state index contributed by atoms with van der Waals surface area (Å²) in [5.74, 6) is -0.880. The first kappa shape index (κ1) is 55.3. The maximum Gasteiger partial charge on any atom is 0.472 e. The Morgan fingerprint density at radius 1 is 0.509 bits per heavy atom. The number of hydrogen-bond donors (Lipinski definition) is 2. The van der Waals surface area contributed by atoms with Crippen molar-refractivity contribution in [1.29, 1.82) is 0 Å². The fraction of sp³-hybridized carbons (Fsp3) is 0.933. The van der Waals surface area contributed by atoms with E-state index in [0.717, 1.165) is 38.5 Å². The largest absolute Gasteiger partial charge is 0.472 e. The number of unbranched alkanes of at least 4 members (excludes halogenated alkanes) is 28. The number of rotatable bonds is 43. The molecule has 2 atom stereocenters. The van der Waals surface area contributed by atoms with Crippen LogP contribution >= 0.6 is 7.82 Å². The maximum atomic E-state index is 12.7. The molecule has 0 radical (unpaired) electrons. The van der Waals surface area contributed by atoms with Crippen molar-refractivity contribution in [3.63, 3.8) is 0 Å². The summed E-state index contributed by atoms with van der Waals surface area (Å²) in [6.45, 7) is 6.75. The minimum Gasteiger partial charge on any atom is -0.462 e. The molecule has 12 heteroatoms. The van der Waals surface area contributed by atoms with E-state index in [2.05, 4.69) is 19.2 Å².